The van der Waals surface area contributed by atoms with Gasteiger partial charge >= 0.3 is 19.8 Å². The summed E-state index contributed by atoms with van der Waals surface area (Å²) in [5.74, 6) is -2.47. The monoisotopic (exact) mass is 763 g/mol. The van der Waals surface area contributed by atoms with E-state index < -0.39 is 57.6 Å². The molecular weight excluding hydrogens is 697 g/mol. The number of carboxylic acid groups (broad SMARTS) is 1. The van der Waals surface area contributed by atoms with Crippen molar-refractivity contribution < 1.29 is 47.8 Å². The first-order valence-electron chi connectivity index (χ1n) is 19.1. The van der Waals surface area contributed by atoms with Gasteiger partial charge in [-0.3, -0.25) is 18.6 Å². The molecule has 53 heavy (non-hydrogen) atoms. The maximum absolute atomic E-state index is 12.2. The molecule has 0 aliphatic rings. The number of aliphatic carboxylic acids is 1. The number of ether oxygens (including phenoxy) is 1. The smallest absolute Gasteiger partial charge is 0.472 e. The van der Waals surface area contributed by atoms with Crippen LogP contribution in [0.1, 0.15) is 123 Å². The molecule has 0 aromatic heterocycles. The average molecular weight is 764 g/mol. The number of nitrogens with one attached hydrogen (secondary N) is 1. The molecule has 300 valence electrons. The molecule has 3 unspecified atom stereocenters. The highest BCUT2D eigenvalue weighted by molar-refractivity contribution is 7.47. The van der Waals surface area contributed by atoms with Crippen LogP contribution in [0.15, 0.2) is 85.1 Å². The van der Waals surface area contributed by atoms with Gasteiger partial charge in [-0.2, -0.15) is 0 Å². The van der Waals surface area contributed by atoms with Crippen molar-refractivity contribution in [2.45, 2.75) is 135 Å². The largest absolute Gasteiger partial charge is 0.480 e. The van der Waals surface area contributed by atoms with Crippen molar-refractivity contribution in [1.82, 2.24) is 5.32 Å². The molecule has 12 heteroatoms. The Labute approximate surface area is 318 Å². The minimum atomic E-state index is -4.76. The summed E-state index contributed by atoms with van der Waals surface area (Å²) < 4.78 is 26.6. The first-order chi connectivity index (χ1) is 25.6. The molecule has 0 saturated carbocycles. The van der Waals surface area contributed by atoms with Gasteiger partial charge < -0.3 is 25.2 Å². The number of hydrogen-bond acceptors (Lipinski definition) is 8. The molecule has 11 nitrogen and oxygen atoms in total. The highest BCUT2D eigenvalue weighted by Gasteiger charge is 2.28. The van der Waals surface area contributed by atoms with Crippen molar-refractivity contribution in [3.8, 4) is 0 Å². The maximum Gasteiger partial charge on any atom is 0.472 e. The first-order valence-corrected chi connectivity index (χ1v) is 20.6. The summed E-state index contributed by atoms with van der Waals surface area (Å²) in [6.07, 6.45) is 42.4. The van der Waals surface area contributed by atoms with Gasteiger partial charge in [-0.25, -0.2) is 9.36 Å². The zero-order valence-corrected chi connectivity index (χ0v) is 32.9. The van der Waals surface area contributed by atoms with Gasteiger partial charge in [0.25, 0.3) is 0 Å². The number of rotatable bonds is 34. The number of hydrogen-bond donors (Lipinski definition) is 4. The first kappa shape index (κ1) is 49.7. The van der Waals surface area contributed by atoms with Crippen molar-refractivity contribution >= 4 is 25.7 Å². The van der Waals surface area contributed by atoms with E-state index in [-0.39, 0.29) is 12.8 Å². The lowest BCUT2D eigenvalue weighted by Gasteiger charge is -2.18. The Kier molecular flexibility index (Phi) is 33.4. The molecule has 0 fully saturated rings. The van der Waals surface area contributed by atoms with Gasteiger partial charge in [0.05, 0.1) is 13.2 Å². The van der Waals surface area contributed by atoms with Gasteiger partial charge in [0.1, 0.15) is 12.7 Å². The van der Waals surface area contributed by atoms with E-state index in [2.05, 4.69) is 92.1 Å². The van der Waals surface area contributed by atoms with E-state index in [9.17, 15) is 34.1 Å². The van der Waals surface area contributed by atoms with Gasteiger partial charge in [0.2, 0.25) is 5.91 Å². The van der Waals surface area contributed by atoms with Crippen LogP contribution in [0.2, 0.25) is 0 Å². The normalized spacial score (nSPS) is 14.8. The Hall–Kier alpha value is -3.34. The second-order valence-electron chi connectivity index (χ2n) is 12.4. The zero-order chi connectivity index (χ0) is 39.3. The number of unbranched alkanes of at least 4 members (excludes halogenated alkanes) is 6. The van der Waals surface area contributed by atoms with Crippen molar-refractivity contribution in [3.05, 3.63) is 85.1 Å². The highest BCUT2D eigenvalue weighted by atomic mass is 31.2. The Bertz CT molecular complexity index is 1220. The van der Waals surface area contributed by atoms with Crippen molar-refractivity contribution in [1.29, 1.82) is 0 Å². The summed E-state index contributed by atoms with van der Waals surface area (Å²) in [6, 6.07) is -1.55. The fourth-order valence-electron chi connectivity index (χ4n) is 4.48. The van der Waals surface area contributed by atoms with Gasteiger partial charge in [-0.15, -0.1) is 0 Å². The minimum absolute atomic E-state index is 0.135. The minimum Gasteiger partial charge on any atom is -0.480 e. The predicted octanol–water partition coefficient (Wildman–Crippen LogP) is 9.16. The number of aliphatic hydroxyl groups excluding tert-OH is 1. The molecule has 0 saturated heterocycles. The third-order valence-electron chi connectivity index (χ3n) is 7.45. The summed E-state index contributed by atoms with van der Waals surface area (Å²) >= 11 is 0. The van der Waals surface area contributed by atoms with Crippen LogP contribution in [0.4, 0.5) is 0 Å². The van der Waals surface area contributed by atoms with Gasteiger partial charge in [0, 0.05) is 12.8 Å². The van der Waals surface area contributed by atoms with Gasteiger partial charge in [-0.1, -0.05) is 131 Å². The van der Waals surface area contributed by atoms with E-state index in [4.69, 9.17) is 13.8 Å². The lowest BCUT2D eigenvalue weighted by atomic mass is 10.1. The standard InChI is InChI=1S/C41H66NO10P/c1-3-5-7-9-11-12-13-14-15-16-17-18-19-20-21-22-23-24-25-26-27-29-31-33-40(45)50-34-37(43)35-51-53(48,49)52-36-38(41(46)47)42-39(44)32-30-28-10-8-6-4-2/h5,7,11-12,14-15,17-18,20-21,23-24,26-27,37-38,43H,3-4,6,8-10,13,16,19,22,25,28-36H2,1-2H3,(H,42,44)(H,46,47)(H,48,49)/b7-5-,12-11-,15-14-,18-17-,21-20-,24-23-,27-26-. The second kappa shape index (κ2) is 35.7. The zero-order valence-electron chi connectivity index (χ0n) is 32.0. The number of esters is 1. The summed E-state index contributed by atoms with van der Waals surface area (Å²) in [5.41, 5.74) is 0. The summed E-state index contributed by atoms with van der Waals surface area (Å²) in [4.78, 5) is 45.4. The Morgan fingerprint density at radius 2 is 1.09 bits per heavy atom. The fraction of sp³-hybridized carbons (Fsp3) is 0.585. The number of allylic oxidation sites excluding steroid dienone is 14. The molecule has 1 amide bonds. The van der Waals surface area contributed by atoms with E-state index >= 15 is 0 Å². The lowest BCUT2D eigenvalue weighted by Crippen LogP contribution is -2.43. The van der Waals surface area contributed by atoms with Crippen LogP contribution in [0.3, 0.4) is 0 Å². The number of amides is 1. The maximum atomic E-state index is 12.2. The van der Waals surface area contributed by atoms with Crippen molar-refractivity contribution in [2.24, 2.45) is 0 Å². The van der Waals surface area contributed by atoms with Crippen LogP contribution < -0.4 is 5.32 Å². The Morgan fingerprint density at radius 3 is 1.60 bits per heavy atom. The molecule has 0 spiro atoms. The number of aliphatic hydroxyl groups is 1. The lowest BCUT2D eigenvalue weighted by molar-refractivity contribution is -0.147. The van der Waals surface area contributed by atoms with E-state index in [1.165, 1.54) is 0 Å². The Balaban J connectivity index is 4.00. The highest BCUT2D eigenvalue weighted by Crippen LogP contribution is 2.43. The molecular formula is C41H66NO10P. The third kappa shape index (κ3) is 35.5. The van der Waals surface area contributed by atoms with E-state index in [0.29, 0.717) is 19.3 Å². The van der Waals surface area contributed by atoms with E-state index in [0.717, 1.165) is 77.0 Å². The summed E-state index contributed by atoms with van der Waals surface area (Å²) in [5, 5.41) is 21.6. The molecule has 0 aromatic carbocycles. The number of carbonyl (C=O) groups excluding carboxylic acids is 2. The van der Waals surface area contributed by atoms with Crippen molar-refractivity contribution in [2.75, 3.05) is 19.8 Å². The van der Waals surface area contributed by atoms with Crippen LogP contribution in [0, 0.1) is 0 Å². The molecule has 4 N–H and O–H groups in total. The average Bonchev–Trinajstić information content (AvgIpc) is 3.13. The molecule has 0 rings (SSSR count). The van der Waals surface area contributed by atoms with Crippen LogP contribution in [0.5, 0.6) is 0 Å². The van der Waals surface area contributed by atoms with Crippen LogP contribution in [-0.2, 0) is 32.7 Å². The SMILES string of the molecule is CC/C=C\C/C=C\C/C=C\C/C=C\C/C=C\C/C=C\C/C=C\CCCC(=O)OCC(O)COP(=O)(O)OCC(NC(=O)CCCCCCCC)C(=O)O. The quantitative estimate of drug-likeness (QED) is 0.0215. The molecule has 0 aromatic rings. The predicted molar refractivity (Wildman–Crippen MR) is 212 cm³/mol. The van der Waals surface area contributed by atoms with Crippen LogP contribution in [0.25, 0.3) is 0 Å². The van der Waals surface area contributed by atoms with Crippen molar-refractivity contribution in [3.63, 3.8) is 0 Å². The summed E-state index contributed by atoms with van der Waals surface area (Å²) in [7, 11) is -4.76. The number of phosphoric ester groups is 1. The fourth-order valence-corrected chi connectivity index (χ4v) is 5.25. The Morgan fingerprint density at radius 1 is 0.623 bits per heavy atom. The third-order valence-corrected chi connectivity index (χ3v) is 8.40. The summed E-state index contributed by atoms with van der Waals surface area (Å²) in [6.45, 7) is 2.28. The molecule has 0 aliphatic heterocycles. The molecule has 3 atom stereocenters. The van der Waals surface area contributed by atoms with Gasteiger partial charge in [-0.05, 0) is 64.2 Å². The topological polar surface area (TPSA) is 169 Å². The van der Waals surface area contributed by atoms with E-state index in [1.54, 1.807) is 0 Å². The molecule has 0 bridgehead atoms. The molecule has 0 radical (unpaired) electrons. The van der Waals surface area contributed by atoms with Crippen LogP contribution in [-0.4, -0.2) is 64.9 Å². The number of carbonyl (C=O) groups is 3. The molecule has 0 heterocycles. The number of phosphoric acid groups is 1. The number of carboxylic acids is 1. The van der Waals surface area contributed by atoms with Gasteiger partial charge in [0.15, 0.2) is 6.04 Å². The van der Waals surface area contributed by atoms with Crippen LogP contribution >= 0.6 is 7.82 Å². The second-order valence-corrected chi connectivity index (χ2v) is 13.8. The molecule has 0 aliphatic carbocycles. The van der Waals surface area contributed by atoms with E-state index in [1.807, 2.05) is 12.2 Å².